The summed E-state index contributed by atoms with van der Waals surface area (Å²) in [6.07, 6.45) is 58.4. The van der Waals surface area contributed by atoms with Crippen LogP contribution in [-0.4, -0.2) is 37.2 Å². The minimum atomic E-state index is -0.777. The molecule has 356 valence electrons. The Morgan fingerprint density at radius 3 is 0.885 bits per heavy atom. The summed E-state index contributed by atoms with van der Waals surface area (Å²) in [5, 5.41) is 0. The molecule has 0 rings (SSSR count). The molecule has 0 aliphatic heterocycles. The van der Waals surface area contributed by atoms with Crippen LogP contribution in [-0.2, 0) is 28.6 Å². The van der Waals surface area contributed by atoms with E-state index >= 15 is 0 Å². The molecule has 1 atom stereocenters. The summed E-state index contributed by atoms with van der Waals surface area (Å²) in [5.41, 5.74) is 0. The number of allylic oxidation sites excluding steroid dienone is 6. The summed E-state index contributed by atoms with van der Waals surface area (Å²) in [5.74, 6) is -0.890. The zero-order valence-corrected chi connectivity index (χ0v) is 40.7. The molecule has 0 bridgehead atoms. The van der Waals surface area contributed by atoms with Crippen LogP contribution in [0.5, 0.6) is 0 Å². The molecule has 0 aliphatic carbocycles. The molecule has 6 nitrogen and oxygen atoms in total. The van der Waals surface area contributed by atoms with Gasteiger partial charge < -0.3 is 14.2 Å². The lowest BCUT2D eigenvalue weighted by Gasteiger charge is -2.18. The van der Waals surface area contributed by atoms with E-state index in [4.69, 9.17) is 14.2 Å². The fourth-order valence-electron chi connectivity index (χ4n) is 7.53. The topological polar surface area (TPSA) is 78.9 Å². The molecule has 0 heterocycles. The Hall–Kier alpha value is -2.37. The molecule has 0 spiro atoms. The molecule has 0 aromatic heterocycles. The van der Waals surface area contributed by atoms with Crippen molar-refractivity contribution >= 4 is 17.9 Å². The smallest absolute Gasteiger partial charge is 0.306 e. The van der Waals surface area contributed by atoms with Crippen LogP contribution in [0, 0.1) is 0 Å². The van der Waals surface area contributed by atoms with Gasteiger partial charge in [-0.15, -0.1) is 0 Å². The Morgan fingerprint density at radius 2 is 0.557 bits per heavy atom. The molecule has 0 saturated carbocycles. The van der Waals surface area contributed by atoms with Crippen molar-refractivity contribution in [1.82, 2.24) is 0 Å². The largest absolute Gasteiger partial charge is 0.462 e. The monoisotopic (exact) mass is 857 g/mol. The Kier molecular flexibility index (Phi) is 48.3. The van der Waals surface area contributed by atoms with E-state index in [0.29, 0.717) is 19.3 Å². The first-order valence-corrected chi connectivity index (χ1v) is 26.5. The Morgan fingerprint density at radius 1 is 0.311 bits per heavy atom. The van der Waals surface area contributed by atoms with E-state index in [9.17, 15) is 14.4 Å². The molecule has 0 aliphatic rings. The van der Waals surface area contributed by atoms with Crippen LogP contribution in [0.4, 0.5) is 0 Å². The Bertz CT molecular complexity index is 1030. The van der Waals surface area contributed by atoms with Crippen molar-refractivity contribution in [2.24, 2.45) is 0 Å². The van der Waals surface area contributed by atoms with Crippen LogP contribution in [0.2, 0.25) is 0 Å². The molecular weight excluding hydrogens is 757 g/mol. The average Bonchev–Trinajstić information content (AvgIpc) is 3.26. The van der Waals surface area contributed by atoms with Gasteiger partial charge in [-0.2, -0.15) is 0 Å². The average molecular weight is 857 g/mol. The molecule has 0 amide bonds. The molecule has 0 aromatic carbocycles. The van der Waals surface area contributed by atoms with Gasteiger partial charge in [-0.25, -0.2) is 0 Å². The van der Waals surface area contributed by atoms with Gasteiger partial charge in [-0.3, -0.25) is 14.4 Å². The van der Waals surface area contributed by atoms with Crippen LogP contribution in [0.3, 0.4) is 0 Å². The van der Waals surface area contributed by atoms with Crippen LogP contribution < -0.4 is 0 Å². The molecule has 6 heteroatoms. The maximum Gasteiger partial charge on any atom is 0.306 e. The van der Waals surface area contributed by atoms with Crippen LogP contribution in [0.25, 0.3) is 0 Å². The van der Waals surface area contributed by atoms with Gasteiger partial charge in [0.05, 0.1) is 0 Å². The molecule has 0 saturated heterocycles. The Balaban J connectivity index is 4.30. The van der Waals surface area contributed by atoms with Crippen LogP contribution in [0.15, 0.2) is 36.5 Å². The molecule has 0 N–H and O–H groups in total. The third-order valence-electron chi connectivity index (χ3n) is 11.6. The van der Waals surface area contributed by atoms with Crippen molar-refractivity contribution in [3.63, 3.8) is 0 Å². The van der Waals surface area contributed by atoms with Gasteiger partial charge >= 0.3 is 17.9 Å². The number of carbonyl (C=O) groups is 3. The highest BCUT2D eigenvalue weighted by Gasteiger charge is 2.19. The number of hydrogen-bond acceptors (Lipinski definition) is 6. The third-order valence-corrected chi connectivity index (χ3v) is 11.6. The van der Waals surface area contributed by atoms with E-state index in [2.05, 4.69) is 57.2 Å². The lowest BCUT2D eigenvalue weighted by molar-refractivity contribution is -0.167. The number of ether oxygens (including phenoxy) is 3. The number of esters is 3. The maximum atomic E-state index is 12.8. The molecular formula is C55H100O6. The Labute approximate surface area is 378 Å². The van der Waals surface area contributed by atoms with Gasteiger partial charge in [0.1, 0.15) is 13.2 Å². The van der Waals surface area contributed by atoms with Gasteiger partial charge in [0.25, 0.3) is 0 Å². The maximum absolute atomic E-state index is 12.8. The summed E-state index contributed by atoms with van der Waals surface area (Å²) in [4.78, 5) is 37.9. The molecule has 0 aromatic rings. The molecule has 0 fully saturated rings. The number of unbranched alkanes of at least 4 members (excludes halogenated alkanes) is 31. The summed E-state index contributed by atoms with van der Waals surface area (Å²) in [7, 11) is 0. The zero-order valence-electron chi connectivity index (χ0n) is 40.7. The molecule has 61 heavy (non-hydrogen) atoms. The zero-order chi connectivity index (χ0) is 44.4. The summed E-state index contributed by atoms with van der Waals surface area (Å²) >= 11 is 0. The first-order chi connectivity index (χ1) is 30.0. The van der Waals surface area contributed by atoms with E-state index in [-0.39, 0.29) is 31.1 Å². The minimum Gasteiger partial charge on any atom is -0.462 e. The summed E-state index contributed by atoms with van der Waals surface area (Å²) < 4.78 is 16.8. The first kappa shape index (κ1) is 58.6. The van der Waals surface area contributed by atoms with Crippen LogP contribution in [0.1, 0.15) is 278 Å². The van der Waals surface area contributed by atoms with Gasteiger partial charge in [0, 0.05) is 19.3 Å². The van der Waals surface area contributed by atoms with E-state index < -0.39 is 6.10 Å². The summed E-state index contributed by atoms with van der Waals surface area (Å²) in [6.45, 7) is 6.58. The van der Waals surface area contributed by atoms with Crippen molar-refractivity contribution in [3.05, 3.63) is 36.5 Å². The van der Waals surface area contributed by atoms with E-state index in [1.54, 1.807) is 0 Å². The van der Waals surface area contributed by atoms with Gasteiger partial charge in [-0.05, 0) is 89.9 Å². The predicted molar refractivity (Wildman–Crippen MR) is 261 cm³/mol. The fraction of sp³-hybridized carbons (Fsp3) is 0.836. The normalized spacial score (nSPS) is 12.2. The number of rotatable bonds is 48. The minimum absolute atomic E-state index is 0.0776. The summed E-state index contributed by atoms with van der Waals surface area (Å²) in [6, 6.07) is 0. The SMILES string of the molecule is CCCC/C=C\CCCCCCCC(=O)O[C@@H](COC(=O)CCCCCCC/C=C\CCCCCC)COC(=O)CCCCCCCCCCC/C=C\CCCCCCCC. The van der Waals surface area contributed by atoms with Crippen molar-refractivity contribution in [2.45, 2.75) is 284 Å². The van der Waals surface area contributed by atoms with Crippen molar-refractivity contribution in [3.8, 4) is 0 Å². The first-order valence-electron chi connectivity index (χ1n) is 26.5. The lowest BCUT2D eigenvalue weighted by atomic mass is 10.1. The molecule has 0 unspecified atom stereocenters. The second kappa shape index (κ2) is 50.3. The van der Waals surface area contributed by atoms with Crippen LogP contribution >= 0.6 is 0 Å². The second-order valence-corrected chi connectivity index (χ2v) is 17.8. The third kappa shape index (κ3) is 48.5. The van der Waals surface area contributed by atoms with E-state index in [1.807, 2.05) is 0 Å². The highest BCUT2D eigenvalue weighted by Crippen LogP contribution is 2.15. The second-order valence-electron chi connectivity index (χ2n) is 17.8. The lowest BCUT2D eigenvalue weighted by Crippen LogP contribution is -2.30. The van der Waals surface area contributed by atoms with Gasteiger partial charge in [0.15, 0.2) is 6.10 Å². The van der Waals surface area contributed by atoms with Crippen molar-refractivity contribution < 1.29 is 28.6 Å². The van der Waals surface area contributed by atoms with Crippen molar-refractivity contribution in [1.29, 1.82) is 0 Å². The van der Waals surface area contributed by atoms with Gasteiger partial charge in [0.2, 0.25) is 0 Å². The van der Waals surface area contributed by atoms with Gasteiger partial charge in [-0.1, -0.05) is 205 Å². The van der Waals surface area contributed by atoms with E-state index in [0.717, 1.165) is 77.0 Å². The number of carbonyl (C=O) groups excluding carboxylic acids is 3. The predicted octanol–water partition coefficient (Wildman–Crippen LogP) is 17.3. The highest BCUT2D eigenvalue weighted by molar-refractivity contribution is 5.71. The standard InChI is InChI=1S/C55H100O6/c1-4-7-10-13-16-19-22-24-25-26-27-28-29-31-34-36-39-42-45-48-54(57)60-51-52(61-55(58)49-46-43-40-37-32-21-18-15-12-9-6-3)50-59-53(56)47-44-41-38-35-33-30-23-20-17-14-11-8-5-2/h15,18,20,23-25,52H,4-14,16-17,19,21-22,26-51H2,1-3H3/b18-15-,23-20-,25-24-/t52-/m0/s1. The van der Waals surface area contributed by atoms with E-state index in [1.165, 1.54) is 161 Å². The van der Waals surface area contributed by atoms with Crippen molar-refractivity contribution in [2.75, 3.05) is 13.2 Å². The fourth-order valence-corrected chi connectivity index (χ4v) is 7.53. The quantitative estimate of drug-likeness (QED) is 0.0262. The highest BCUT2D eigenvalue weighted by atomic mass is 16.6. The number of hydrogen-bond donors (Lipinski definition) is 0. The molecule has 0 radical (unpaired) electrons.